The number of rotatable bonds is 8. The molecular formula is C15H21ClO3. The summed E-state index contributed by atoms with van der Waals surface area (Å²) in [6.45, 7) is 2.19. The van der Waals surface area contributed by atoms with Gasteiger partial charge < -0.3 is 9.84 Å². The zero-order valence-corrected chi connectivity index (χ0v) is 12.0. The number of carbonyl (C=O) groups excluding carboxylic acids is 1. The third kappa shape index (κ3) is 6.60. The highest BCUT2D eigenvalue weighted by atomic mass is 35.5. The number of halogens is 1. The Bertz CT molecular complexity index is 375. The van der Waals surface area contributed by atoms with Crippen molar-refractivity contribution in [2.75, 3.05) is 6.61 Å². The summed E-state index contributed by atoms with van der Waals surface area (Å²) in [5.74, 6) is -0.427. The van der Waals surface area contributed by atoms with Gasteiger partial charge in [0.1, 0.15) is 6.61 Å². The largest absolute Gasteiger partial charge is 0.459 e. The highest BCUT2D eigenvalue weighted by Crippen LogP contribution is 2.11. The quantitative estimate of drug-likeness (QED) is 0.583. The van der Waals surface area contributed by atoms with Gasteiger partial charge in [-0.25, -0.2) is 4.79 Å². The van der Waals surface area contributed by atoms with Gasteiger partial charge in [0.2, 0.25) is 0 Å². The van der Waals surface area contributed by atoms with Crippen LogP contribution >= 0.6 is 11.6 Å². The van der Waals surface area contributed by atoms with E-state index in [9.17, 15) is 9.90 Å². The van der Waals surface area contributed by atoms with E-state index in [1.165, 1.54) is 12.8 Å². The molecule has 0 saturated carbocycles. The standard InChI is InChI=1S/C15H21ClO3/c1-2-3-4-5-6-14(17)11-19-15(18)12-7-9-13(16)10-8-12/h7-10,14,17H,2-6,11H2,1H3. The van der Waals surface area contributed by atoms with Crippen molar-refractivity contribution in [3.63, 3.8) is 0 Å². The lowest BCUT2D eigenvalue weighted by Crippen LogP contribution is -2.18. The summed E-state index contributed by atoms with van der Waals surface area (Å²) < 4.78 is 5.05. The molecule has 1 atom stereocenters. The smallest absolute Gasteiger partial charge is 0.338 e. The molecule has 0 heterocycles. The second-order valence-electron chi connectivity index (χ2n) is 4.61. The number of benzene rings is 1. The number of aliphatic hydroxyl groups is 1. The lowest BCUT2D eigenvalue weighted by Gasteiger charge is -2.11. The van der Waals surface area contributed by atoms with Crippen molar-refractivity contribution >= 4 is 17.6 Å². The third-order valence-electron chi connectivity index (χ3n) is 2.88. The van der Waals surface area contributed by atoms with E-state index in [1.807, 2.05) is 0 Å². The molecule has 0 amide bonds. The van der Waals surface area contributed by atoms with Crippen LogP contribution in [0.4, 0.5) is 0 Å². The molecule has 0 aromatic heterocycles. The fraction of sp³-hybridized carbons (Fsp3) is 0.533. The van der Waals surface area contributed by atoms with Crippen LogP contribution in [0.3, 0.4) is 0 Å². The van der Waals surface area contributed by atoms with E-state index in [4.69, 9.17) is 16.3 Å². The van der Waals surface area contributed by atoms with Gasteiger partial charge in [0, 0.05) is 5.02 Å². The van der Waals surface area contributed by atoms with Gasteiger partial charge in [-0.15, -0.1) is 0 Å². The fourth-order valence-electron chi connectivity index (χ4n) is 1.73. The van der Waals surface area contributed by atoms with Crippen molar-refractivity contribution < 1.29 is 14.6 Å². The second-order valence-corrected chi connectivity index (χ2v) is 5.04. The zero-order valence-electron chi connectivity index (χ0n) is 11.3. The predicted octanol–water partition coefficient (Wildman–Crippen LogP) is 3.83. The lowest BCUT2D eigenvalue weighted by molar-refractivity contribution is 0.0233. The van der Waals surface area contributed by atoms with Crippen LogP contribution in [0.1, 0.15) is 49.4 Å². The second kappa shape index (κ2) is 8.94. The first-order valence-electron chi connectivity index (χ1n) is 6.74. The van der Waals surface area contributed by atoms with E-state index >= 15 is 0 Å². The zero-order chi connectivity index (χ0) is 14.1. The molecule has 0 saturated heterocycles. The van der Waals surface area contributed by atoms with Crippen molar-refractivity contribution in [1.82, 2.24) is 0 Å². The van der Waals surface area contributed by atoms with Gasteiger partial charge in [-0.2, -0.15) is 0 Å². The number of ether oxygens (including phenoxy) is 1. The van der Waals surface area contributed by atoms with Crippen LogP contribution < -0.4 is 0 Å². The fourth-order valence-corrected chi connectivity index (χ4v) is 1.86. The Balaban J connectivity index is 2.24. The van der Waals surface area contributed by atoms with Gasteiger partial charge in [-0.3, -0.25) is 0 Å². The number of hydrogen-bond acceptors (Lipinski definition) is 3. The topological polar surface area (TPSA) is 46.5 Å². The van der Waals surface area contributed by atoms with Gasteiger partial charge in [-0.1, -0.05) is 44.2 Å². The highest BCUT2D eigenvalue weighted by molar-refractivity contribution is 6.30. The molecule has 1 N–H and O–H groups in total. The first kappa shape index (κ1) is 16.0. The molecule has 0 aliphatic rings. The van der Waals surface area contributed by atoms with Crippen LogP contribution in [0.25, 0.3) is 0 Å². The third-order valence-corrected chi connectivity index (χ3v) is 3.13. The summed E-state index contributed by atoms with van der Waals surface area (Å²) in [7, 11) is 0. The SMILES string of the molecule is CCCCCCC(O)COC(=O)c1ccc(Cl)cc1. The highest BCUT2D eigenvalue weighted by Gasteiger charge is 2.10. The van der Waals surface area contributed by atoms with Crippen LogP contribution in [0.5, 0.6) is 0 Å². The number of esters is 1. The van der Waals surface area contributed by atoms with Gasteiger partial charge >= 0.3 is 5.97 Å². The molecule has 0 aliphatic heterocycles. The van der Waals surface area contributed by atoms with Gasteiger partial charge in [0.05, 0.1) is 11.7 Å². The van der Waals surface area contributed by atoms with Gasteiger partial charge in [0.25, 0.3) is 0 Å². The van der Waals surface area contributed by atoms with Crippen molar-refractivity contribution in [2.24, 2.45) is 0 Å². The summed E-state index contributed by atoms with van der Waals surface area (Å²) in [6, 6.07) is 6.50. The molecule has 1 rings (SSSR count). The Morgan fingerprint density at radius 1 is 1.26 bits per heavy atom. The van der Waals surface area contributed by atoms with Crippen LogP contribution in [-0.4, -0.2) is 23.8 Å². The van der Waals surface area contributed by atoms with Crippen LogP contribution in [0.2, 0.25) is 5.02 Å². The van der Waals surface area contributed by atoms with E-state index in [0.717, 1.165) is 12.8 Å². The molecule has 3 nitrogen and oxygen atoms in total. The summed E-state index contributed by atoms with van der Waals surface area (Å²) in [6.07, 6.45) is 4.52. The minimum atomic E-state index is -0.576. The Labute approximate surface area is 119 Å². The average molecular weight is 285 g/mol. The van der Waals surface area contributed by atoms with E-state index < -0.39 is 12.1 Å². The van der Waals surface area contributed by atoms with E-state index in [2.05, 4.69) is 6.92 Å². The maximum Gasteiger partial charge on any atom is 0.338 e. The van der Waals surface area contributed by atoms with Gasteiger partial charge in [-0.05, 0) is 30.7 Å². The Kier molecular flexibility index (Phi) is 7.53. The Morgan fingerprint density at radius 2 is 1.95 bits per heavy atom. The average Bonchev–Trinajstić information content (AvgIpc) is 2.42. The molecule has 0 radical (unpaired) electrons. The normalized spacial score (nSPS) is 12.2. The first-order valence-corrected chi connectivity index (χ1v) is 7.12. The molecule has 4 heteroatoms. The predicted molar refractivity (Wildman–Crippen MR) is 76.5 cm³/mol. The summed E-state index contributed by atoms with van der Waals surface area (Å²) >= 11 is 5.73. The van der Waals surface area contributed by atoms with Crippen molar-refractivity contribution in [2.45, 2.75) is 45.1 Å². The molecule has 0 aliphatic carbocycles. The molecule has 0 spiro atoms. The van der Waals surface area contributed by atoms with Crippen LogP contribution in [0, 0.1) is 0 Å². The van der Waals surface area contributed by atoms with Gasteiger partial charge in [0.15, 0.2) is 0 Å². The Hall–Kier alpha value is -1.06. The van der Waals surface area contributed by atoms with E-state index in [1.54, 1.807) is 24.3 Å². The van der Waals surface area contributed by atoms with Crippen LogP contribution in [-0.2, 0) is 4.74 Å². The Morgan fingerprint density at radius 3 is 2.58 bits per heavy atom. The monoisotopic (exact) mass is 284 g/mol. The summed E-state index contributed by atoms with van der Waals surface area (Å²) in [4.78, 5) is 11.7. The maximum absolute atomic E-state index is 11.7. The molecule has 0 fully saturated rings. The molecule has 1 aromatic carbocycles. The van der Waals surface area contributed by atoms with Crippen molar-refractivity contribution in [3.8, 4) is 0 Å². The maximum atomic E-state index is 11.7. The number of unbranched alkanes of at least 4 members (excludes halogenated alkanes) is 3. The summed E-state index contributed by atoms with van der Waals surface area (Å²) in [5, 5.41) is 10.3. The summed E-state index contributed by atoms with van der Waals surface area (Å²) in [5.41, 5.74) is 0.447. The van der Waals surface area contributed by atoms with Crippen LogP contribution in [0.15, 0.2) is 24.3 Å². The molecule has 1 unspecified atom stereocenters. The lowest BCUT2D eigenvalue weighted by atomic mass is 10.1. The molecule has 19 heavy (non-hydrogen) atoms. The van der Waals surface area contributed by atoms with E-state index in [-0.39, 0.29) is 6.61 Å². The van der Waals surface area contributed by atoms with E-state index in [0.29, 0.717) is 17.0 Å². The number of hydrogen-bond donors (Lipinski definition) is 1. The number of carbonyl (C=O) groups is 1. The molecular weight excluding hydrogens is 264 g/mol. The molecule has 0 bridgehead atoms. The minimum absolute atomic E-state index is 0.0492. The molecule has 1 aromatic rings. The van der Waals surface area contributed by atoms with Crippen molar-refractivity contribution in [3.05, 3.63) is 34.9 Å². The molecule has 106 valence electrons. The number of aliphatic hydroxyl groups excluding tert-OH is 1. The minimum Gasteiger partial charge on any atom is -0.459 e. The first-order chi connectivity index (χ1) is 9.13. The van der Waals surface area contributed by atoms with Crippen molar-refractivity contribution in [1.29, 1.82) is 0 Å².